The van der Waals surface area contributed by atoms with E-state index in [4.69, 9.17) is 4.74 Å². The molecule has 0 bridgehead atoms. The van der Waals surface area contributed by atoms with Crippen LogP contribution in [-0.4, -0.2) is 90.2 Å². The van der Waals surface area contributed by atoms with Gasteiger partial charge in [-0.15, -0.1) is 24.8 Å². The number of hydrogen-bond acceptors (Lipinski definition) is 4. The molecule has 0 spiro atoms. The van der Waals surface area contributed by atoms with Gasteiger partial charge in [0.15, 0.2) is 0 Å². The van der Waals surface area contributed by atoms with Gasteiger partial charge >= 0.3 is 12.4 Å². The molecule has 1 N–H and O–H groups in total. The molecule has 3 aromatic rings. The fraction of sp³-hybridized carbons (Fsp3) is 0.469. The molecule has 252 valence electrons. The van der Waals surface area contributed by atoms with Gasteiger partial charge in [0, 0.05) is 60.9 Å². The highest BCUT2D eigenvalue weighted by Gasteiger charge is 2.39. The molecule has 2 aromatic carbocycles. The minimum absolute atomic E-state index is 0. The number of H-pyrrole nitrogens is 1. The lowest BCUT2D eigenvalue weighted by molar-refractivity contribution is -0.143. The molecule has 0 saturated carbocycles. The highest BCUT2D eigenvalue weighted by molar-refractivity contribution is 5.95. The monoisotopic (exact) mass is 692 g/mol. The Morgan fingerprint density at radius 1 is 0.935 bits per heavy atom. The van der Waals surface area contributed by atoms with Crippen molar-refractivity contribution in [3.8, 4) is 11.8 Å². The van der Waals surface area contributed by atoms with Gasteiger partial charge in [-0.3, -0.25) is 14.6 Å². The summed E-state index contributed by atoms with van der Waals surface area (Å²) in [7, 11) is 0. The lowest BCUT2D eigenvalue weighted by Gasteiger charge is -2.41. The van der Waals surface area contributed by atoms with Crippen LogP contribution in [-0.2, 0) is 23.5 Å². The zero-order chi connectivity index (χ0) is 31.5. The molecule has 0 radical (unpaired) electrons. The summed E-state index contributed by atoms with van der Waals surface area (Å²) in [6.07, 6.45) is -6.95. The first-order chi connectivity index (χ1) is 20.9. The number of benzene rings is 2. The van der Waals surface area contributed by atoms with Crippen LogP contribution in [0.2, 0.25) is 0 Å². The van der Waals surface area contributed by atoms with Crippen LogP contribution in [0.5, 0.6) is 0 Å². The zero-order valence-electron chi connectivity index (χ0n) is 25.1. The first kappa shape index (κ1) is 37.5. The van der Waals surface area contributed by atoms with Crippen molar-refractivity contribution in [3.63, 3.8) is 0 Å². The number of carbonyl (C=O) groups excluding carboxylic acids is 1. The fourth-order valence-corrected chi connectivity index (χ4v) is 5.90. The minimum atomic E-state index is -5.05. The molecule has 0 unspecified atom stereocenters. The summed E-state index contributed by atoms with van der Waals surface area (Å²) in [6.45, 7) is 6.17. The summed E-state index contributed by atoms with van der Waals surface area (Å²) in [6, 6.07) is 8.46. The summed E-state index contributed by atoms with van der Waals surface area (Å²) in [5.41, 5.74) is -1.87. The smallest absolute Gasteiger partial charge is 0.378 e. The highest BCUT2D eigenvalue weighted by Crippen LogP contribution is 2.37. The average molecular weight is 694 g/mol. The molecular weight excluding hydrogens is 657 g/mol. The van der Waals surface area contributed by atoms with Crippen molar-refractivity contribution in [1.82, 2.24) is 19.7 Å². The maximum atomic E-state index is 13.7. The van der Waals surface area contributed by atoms with Crippen LogP contribution >= 0.6 is 24.8 Å². The number of alkyl halides is 6. The molecule has 2 fully saturated rings. The molecule has 14 heteroatoms. The number of morpholine rings is 1. The maximum Gasteiger partial charge on any atom is 0.416 e. The fourth-order valence-electron chi connectivity index (χ4n) is 5.90. The second kappa shape index (κ2) is 15.8. The molecule has 3 heterocycles. The molecule has 1 amide bonds. The highest BCUT2D eigenvalue weighted by atomic mass is 35.5. The second-order valence-corrected chi connectivity index (χ2v) is 11.2. The summed E-state index contributed by atoms with van der Waals surface area (Å²) in [4.78, 5) is 22.6. The van der Waals surface area contributed by atoms with Crippen molar-refractivity contribution < 1.29 is 35.9 Å². The van der Waals surface area contributed by atoms with E-state index >= 15 is 0 Å². The first-order valence-electron chi connectivity index (χ1n) is 14.6. The van der Waals surface area contributed by atoms with Crippen LogP contribution in [0.1, 0.15) is 40.4 Å². The van der Waals surface area contributed by atoms with Crippen molar-refractivity contribution in [2.75, 3.05) is 52.5 Å². The third-order valence-electron chi connectivity index (χ3n) is 8.32. The van der Waals surface area contributed by atoms with Gasteiger partial charge in [-0.2, -0.15) is 26.3 Å². The predicted octanol–water partition coefficient (Wildman–Crippen LogP) is 6.53. The quantitative estimate of drug-likeness (QED) is 0.236. The van der Waals surface area contributed by atoms with Gasteiger partial charge in [0.25, 0.3) is 5.91 Å². The molecule has 0 aliphatic carbocycles. The number of aromatic amines is 1. The van der Waals surface area contributed by atoms with Crippen molar-refractivity contribution in [1.29, 1.82) is 0 Å². The van der Waals surface area contributed by atoms with Gasteiger partial charge in [-0.25, -0.2) is 0 Å². The molecular formula is C32H36Cl2F6N4O2. The number of rotatable bonds is 6. The molecule has 6 nitrogen and oxygen atoms in total. The third-order valence-corrected chi connectivity index (χ3v) is 8.32. The number of nitrogens with zero attached hydrogens (tertiary/aromatic N) is 3. The molecule has 2 atom stereocenters. The maximum absolute atomic E-state index is 13.7. The first-order valence-corrected chi connectivity index (χ1v) is 14.6. The summed E-state index contributed by atoms with van der Waals surface area (Å²) < 4.78 is 86.9. The van der Waals surface area contributed by atoms with Gasteiger partial charge in [0.05, 0.1) is 37.4 Å². The Hall–Kier alpha value is -2.95. The summed E-state index contributed by atoms with van der Waals surface area (Å²) in [5, 5.41) is 0.936. The van der Waals surface area contributed by atoms with Gasteiger partial charge in [0.2, 0.25) is 0 Å². The van der Waals surface area contributed by atoms with Gasteiger partial charge in [-0.05, 0) is 42.7 Å². The number of nitrogens with one attached hydrogen (secondary N) is 1. The topological polar surface area (TPSA) is 51.8 Å². The van der Waals surface area contributed by atoms with Crippen LogP contribution in [0, 0.1) is 11.8 Å². The summed E-state index contributed by atoms with van der Waals surface area (Å²) >= 11 is 0. The number of halogens is 8. The number of hydrogen-bond donors (Lipinski definition) is 1. The molecule has 2 aliphatic heterocycles. The van der Waals surface area contributed by atoms with E-state index in [2.05, 4.69) is 33.5 Å². The van der Waals surface area contributed by atoms with E-state index in [9.17, 15) is 31.1 Å². The largest absolute Gasteiger partial charge is 0.416 e. The van der Waals surface area contributed by atoms with Gasteiger partial charge < -0.3 is 14.6 Å². The summed E-state index contributed by atoms with van der Waals surface area (Å²) in [5.74, 6) is 5.58. The van der Waals surface area contributed by atoms with Crippen molar-refractivity contribution in [3.05, 3.63) is 70.9 Å². The number of ether oxygens (including phenoxy) is 1. The van der Waals surface area contributed by atoms with Crippen LogP contribution in [0.15, 0.2) is 48.7 Å². The zero-order valence-corrected chi connectivity index (χ0v) is 26.7. The van der Waals surface area contributed by atoms with E-state index in [-0.39, 0.29) is 37.4 Å². The predicted molar refractivity (Wildman–Crippen MR) is 168 cm³/mol. The molecule has 5 rings (SSSR count). The third kappa shape index (κ3) is 8.89. The van der Waals surface area contributed by atoms with E-state index in [1.54, 1.807) is 0 Å². The van der Waals surface area contributed by atoms with E-state index in [0.29, 0.717) is 64.0 Å². The van der Waals surface area contributed by atoms with Crippen molar-refractivity contribution >= 4 is 41.6 Å². The standard InChI is InChI=1S/C32H34F6N4O2.2ClH/c1-2-26-21-44-14-13-41(26)10-6-5-9-40-11-12-42(27(20-40)17-23-19-39-29-8-4-3-7-28(23)29)30(43)22-15-24(31(33,34)35)18-25(16-22)32(36,37)38;;/h3-4,7-8,15-16,18-19,26-27,39H,2,9-14,17,20-21H2,1H3;2*1H/t26-,27-;;/m1../s1. The Kier molecular flexibility index (Phi) is 12.9. The Bertz CT molecular complexity index is 1500. The minimum Gasteiger partial charge on any atom is -0.378 e. The number of piperazine rings is 1. The average Bonchev–Trinajstić information content (AvgIpc) is 3.41. The number of aromatic nitrogens is 1. The van der Waals surface area contributed by atoms with Crippen LogP contribution < -0.4 is 0 Å². The van der Waals surface area contributed by atoms with Gasteiger partial charge in [0.1, 0.15) is 0 Å². The lowest BCUT2D eigenvalue weighted by atomic mass is 9.98. The number of para-hydroxylation sites is 1. The molecule has 46 heavy (non-hydrogen) atoms. The van der Waals surface area contributed by atoms with E-state index in [1.165, 1.54) is 4.90 Å². The molecule has 2 aliphatic rings. The van der Waals surface area contributed by atoms with Crippen LogP contribution in [0.3, 0.4) is 0 Å². The second-order valence-electron chi connectivity index (χ2n) is 11.2. The van der Waals surface area contributed by atoms with Crippen molar-refractivity contribution in [2.24, 2.45) is 0 Å². The van der Waals surface area contributed by atoms with Crippen LogP contribution in [0.25, 0.3) is 10.9 Å². The Morgan fingerprint density at radius 3 is 2.28 bits per heavy atom. The van der Waals surface area contributed by atoms with Gasteiger partial charge in [-0.1, -0.05) is 37.0 Å². The molecule has 1 aromatic heterocycles. The number of amides is 1. The number of fused-ring (bicyclic) bond motifs is 1. The van der Waals surface area contributed by atoms with E-state index < -0.39 is 41.0 Å². The normalized spacial score (nSPS) is 19.6. The Balaban J connectivity index is 0.00000288. The lowest BCUT2D eigenvalue weighted by Crippen LogP contribution is -2.56. The van der Waals surface area contributed by atoms with Crippen molar-refractivity contribution in [2.45, 2.75) is 44.2 Å². The Labute approximate surface area is 276 Å². The molecule has 2 saturated heterocycles. The Morgan fingerprint density at radius 2 is 1.61 bits per heavy atom. The van der Waals surface area contributed by atoms with Crippen LogP contribution in [0.4, 0.5) is 26.3 Å². The number of carbonyl (C=O) groups is 1. The van der Waals surface area contributed by atoms with E-state index in [1.807, 2.05) is 30.5 Å². The SMILES string of the molecule is CC[C@@H]1COCCN1CC#CCN1CCN(C(=O)c2cc(C(F)(F)F)cc(C(F)(F)F)c2)[C@H](Cc2c[nH]c3ccccc23)C1.Cl.Cl. The van der Waals surface area contributed by atoms with E-state index in [0.717, 1.165) is 29.4 Å².